The fourth-order valence-electron chi connectivity index (χ4n) is 4.90. The van der Waals surface area contributed by atoms with Crippen LogP contribution in [0.4, 0.5) is 0 Å². The monoisotopic (exact) mass is 515 g/mol. The van der Waals surface area contributed by atoms with Gasteiger partial charge in [-0.3, -0.25) is 14.8 Å². The average Bonchev–Trinajstić information content (AvgIpc) is 3.08. The van der Waals surface area contributed by atoms with Gasteiger partial charge in [0.1, 0.15) is 5.76 Å². The third-order valence-corrected chi connectivity index (χ3v) is 6.59. The van der Waals surface area contributed by atoms with Gasteiger partial charge in [0.05, 0.1) is 12.8 Å². The molecule has 2 aliphatic heterocycles. The number of hydrogen-bond donors (Lipinski definition) is 2. The maximum Gasteiger partial charge on any atom is 0.191 e. The highest BCUT2D eigenvalue weighted by Gasteiger charge is 2.39. The third kappa shape index (κ3) is 6.34. The summed E-state index contributed by atoms with van der Waals surface area (Å²) in [5.74, 6) is 2.00. The zero-order valence-corrected chi connectivity index (χ0v) is 20.3. The normalized spacial score (nSPS) is 28.5. The lowest BCUT2D eigenvalue weighted by Gasteiger charge is -2.23. The Morgan fingerprint density at radius 3 is 2.90 bits per heavy atom. The summed E-state index contributed by atoms with van der Waals surface area (Å²) in [5, 5.41) is 7.30. The van der Waals surface area contributed by atoms with E-state index < -0.39 is 0 Å². The van der Waals surface area contributed by atoms with Gasteiger partial charge in [0.25, 0.3) is 0 Å². The molecule has 29 heavy (non-hydrogen) atoms. The van der Waals surface area contributed by atoms with Gasteiger partial charge in [-0.05, 0) is 64.3 Å². The lowest BCUT2D eigenvalue weighted by atomic mass is 10.2. The Morgan fingerprint density at radius 2 is 2.17 bits per heavy atom. The summed E-state index contributed by atoms with van der Waals surface area (Å²) in [6, 6.07) is 6.60. The largest absolute Gasteiger partial charge is 0.469 e. The molecule has 4 rings (SSSR count). The van der Waals surface area contributed by atoms with E-state index in [2.05, 4.69) is 34.3 Å². The highest BCUT2D eigenvalue weighted by Crippen LogP contribution is 2.33. The molecule has 1 saturated carbocycles. The van der Waals surface area contributed by atoms with Crippen LogP contribution in [-0.2, 0) is 6.42 Å². The zero-order chi connectivity index (χ0) is 19.3. The number of hydrogen-bond acceptors (Lipinski definition) is 4. The van der Waals surface area contributed by atoms with E-state index in [0.29, 0.717) is 18.1 Å². The number of aliphatic imine (C=N–C) groups is 1. The fourth-order valence-corrected chi connectivity index (χ4v) is 4.90. The Labute approximate surface area is 192 Å². The number of halogens is 1. The molecule has 1 aromatic heterocycles. The predicted molar refractivity (Wildman–Crippen MR) is 129 cm³/mol. The van der Waals surface area contributed by atoms with Crippen molar-refractivity contribution in [3.8, 4) is 0 Å². The molecule has 1 aromatic rings. The van der Waals surface area contributed by atoms with Gasteiger partial charge < -0.3 is 15.1 Å². The van der Waals surface area contributed by atoms with E-state index in [4.69, 9.17) is 9.41 Å². The number of nitrogens with zero attached hydrogens (tertiary/aromatic N) is 3. The molecule has 7 heteroatoms. The van der Waals surface area contributed by atoms with Crippen LogP contribution in [0.2, 0.25) is 0 Å². The molecule has 1 aliphatic carbocycles. The number of likely N-dealkylation sites (tertiary alicyclic amines) is 2. The highest BCUT2D eigenvalue weighted by molar-refractivity contribution is 14.0. The van der Waals surface area contributed by atoms with Crippen LogP contribution in [-0.4, -0.2) is 72.7 Å². The van der Waals surface area contributed by atoms with Crippen LogP contribution in [0.25, 0.3) is 0 Å². The first-order valence-corrected chi connectivity index (χ1v) is 11.3. The minimum absolute atomic E-state index is 0. The van der Waals surface area contributed by atoms with Gasteiger partial charge in [0.2, 0.25) is 0 Å². The zero-order valence-electron chi connectivity index (χ0n) is 18.0. The quantitative estimate of drug-likeness (QED) is 0.317. The fraction of sp³-hybridized carbons (Fsp3) is 0.773. The molecule has 3 unspecified atom stereocenters. The van der Waals surface area contributed by atoms with Gasteiger partial charge in [-0.15, -0.1) is 24.0 Å². The number of rotatable bonds is 8. The molecule has 0 bridgehead atoms. The van der Waals surface area contributed by atoms with E-state index in [1.807, 2.05) is 12.1 Å². The first-order chi connectivity index (χ1) is 13.7. The molecule has 6 nitrogen and oxygen atoms in total. The second kappa shape index (κ2) is 11.0. The van der Waals surface area contributed by atoms with Crippen molar-refractivity contribution in [2.75, 3.05) is 32.7 Å². The Morgan fingerprint density at radius 1 is 1.31 bits per heavy atom. The molecule has 0 aromatic carbocycles. The summed E-state index contributed by atoms with van der Waals surface area (Å²) >= 11 is 0. The van der Waals surface area contributed by atoms with E-state index in [-0.39, 0.29) is 24.0 Å². The standard InChI is InChI=1S/C22H37N5O.HI/c1-3-26-12-4-6-20(26)15-24-22(23-11-10-21-7-5-13-28-21)25-18-14-17(2)27(16-18)19-8-9-19;/h5,7,13,17-20H,3-4,6,8-12,14-16H2,1-2H3,(H2,23,24,25);1H. The van der Waals surface area contributed by atoms with Gasteiger partial charge >= 0.3 is 0 Å². The summed E-state index contributed by atoms with van der Waals surface area (Å²) in [7, 11) is 0. The first kappa shape index (κ1) is 22.9. The summed E-state index contributed by atoms with van der Waals surface area (Å²) in [4.78, 5) is 10.3. The van der Waals surface area contributed by atoms with Crippen molar-refractivity contribution in [3.63, 3.8) is 0 Å². The van der Waals surface area contributed by atoms with Crippen molar-refractivity contribution in [2.24, 2.45) is 4.99 Å². The van der Waals surface area contributed by atoms with Crippen molar-refractivity contribution in [3.05, 3.63) is 24.2 Å². The van der Waals surface area contributed by atoms with E-state index in [1.54, 1.807) is 6.26 Å². The molecule has 3 aliphatic rings. The van der Waals surface area contributed by atoms with E-state index in [1.165, 1.54) is 38.6 Å². The molecule has 0 radical (unpaired) electrons. The van der Waals surface area contributed by atoms with Crippen LogP contribution in [0.5, 0.6) is 0 Å². The summed E-state index contributed by atoms with van der Waals surface area (Å²) in [6.45, 7) is 9.87. The molecular weight excluding hydrogens is 477 g/mol. The van der Waals surface area contributed by atoms with E-state index >= 15 is 0 Å². The average molecular weight is 515 g/mol. The molecule has 0 spiro atoms. The highest BCUT2D eigenvalue weighted by atomic mass is 127. The van der Waals surface area contributed by atoms with Crippen molar-refractivity contribution in [1.82, 2.24) is 20.4 Å². The SMILES string of the molecule is CCN1CCCC1CN=C(NCCc1ccco1)NC1CC(C)N(C2CC2)C1.I. The Balaban J connectivity index is 0.00000240. The van der Waals surface area contributed by atoms with Gasteiger partial charge in [-0.2, -0.15) is 0 Å². The van der Waals surface area contributed by atoms with Gasteiger partial charge in [-0.1, -0.05) is 6.92 Å². The number of guanidine groups is 1. The molecule has 0 amide bonds. The Hall–Kier alpha value is -0.800. The second-order valence-corrected chi connectivity index (χ2v) is 8.72. The van der Waals surface area contributed by atoms with E-state index in [9.17, 15) is 0 Å². The lowest BCUT2D eigenvalue weighted by molar-refractivity contribution is 0.256. The lowest BCUT2D eigenvalue weighted by Crippen LogP contribution is -2.46. The molecule has 3 atom stereocenters. The molecular formula is C22H38IN5O. The van der Waals surface area contributed by atoms with Crippen molar-refractivity contribution >= 4 is 29.9 Å². The van der Waals surface area contributed by atoms with Crippen LogP contribution in [0.15, 0.2) is 27.8 Å². The van der Waals surface area contributed by atoms with Crippen LogP contribution in [0.1, 0.15) is 51.7 Å². The van der Waals surface area contributed by atoms with E-state index in [0.717, 1.165) is 50.4 Å². The van der Waals surface area contributed by atoms with Crippen molar-refractivity contribution < 1.29 is 4.42 Å². The van der Waals surface area contributed by atoms with Crippen molar-refractivity contribution in [1.29, 1.82) is 0 Å². The van der Waals surface area contributed by atoms with Crippen LogP contribution >= 0.6 is 24.0 Å². The summed E-state index contributed by atoms with van der Waals surface area (Å²) in [5.41, 5.74) is 0. The number of nitrogens with one attached hydrogen (secondary N) is 2. The van der Waals surface area contributed by atoms with Gasteiger partial charge in [0.15, 0.2) is 5.96 Å². The molecule has 2 N–H and O–H groups in total. The smallest absolute Gasteiger partial charge is 0.191 e. The second-order valence-electron chi connectivity index (χ2n) is 8.72. The number of likely N-dealkylation sites (N-methyl/N-ethyl adjacent to an activating group) is 1. The molecule has 2 saturated heterocycles. The minimum atomic E-state index is 0. The van der Waals surface area contributed by atoms with Gasteiger partial charge in [-0.25, -0.2) is 0 Å². The number of furan rings is 1. The molecule has 3 heterocycles. The van der Waals surface area contributed by atoms with Gasteiger partial charge in [0, 0.05) is 43.7 Å². The van der Waals surface area contributed by atoms with Crippen LogP contribution in [0.3, 0.4) is 0 Å². The van der Waals surface area contributed by atoms with Crippen LogP contribution < -0.4 is 10.6 Å². The Bertz CT molecular complexity index is 633. The maximum absolute atomic E-state index is 5.47. The topological polar surface area (TPSA) is 56.0 Å². The summed E-state index contributed by atoms with van der Waals surface area (Å²) in [6.07, 6.45) is 9.18. The maximum atomic E-state index is 5.47. The molecule has 3 fully saturated rings. The Kier molecular flexibility index (Phi) is 8.68. The summed E-state index contributed by atoms with van der Waals surface area (Å²) < 4.78 is 5.47. The van der Waals surface area contributed by atoms with Crippen LogP contribution in [0, 0.1) is 0 Å². The molecule has 164 valence electrons. The third-order valence-electron chi connectivity index (χ3n) is 6.59. The first-order valence-electron chi connectivity index (χ1n) is 11.3. The predicted octanol–water partition coefficient (Wildman–Crippen LogP) is 3.08. The minimum Gasteiger partial charge on any atom is -0.469 e. The van der Waals surface area contributed by atoms with Crippen molar-refractivity contribution in [2.45, 2.75) is 76.5 Å².